The Hall–Kier alpha value is -1.10. The molecule has 1 aromatic rings. The number of nitrogens with one attached hydrogen (secondary N) is 1. The first-order valence-electron chi connectivity index (χ1n) is 7.75. The number of hydrogen-bond donors (Lipinski definition) is 1. The lowest BCUT2D eigenvalue weighted by Gasteiger charge is -2.38. The molecule has 0 bridgehead atoms. The number of amides is 1. The van der Waals surface area contributed by atoms with E-state index in [4.69, 9.17) is 16.3 Å². The highest BCUT2D eigenvalue weighted by molar-refractivity contribution is 6.34. The second-order valence-electron chi connectivity index (χ2n) is 6.32. The van der Waals surface area contributed by atoms with Gasteiger partial charge in [0.2, 0.25) is 5.91 Å². The minimum Gasteiger partial charge on any atom is -0.373 e. The number of ether oxygens (including phenoxy) is 1. The van der Waals surface area contributed by atoms with Crippen LogP contribution in [0.25, 0.3) is 0 Å². The van der Waals surface area contributed by atoms with Crippen molar-refractivity contribution in [2.24, 2.45) is 0 Å². The van der Waals surface area contributed by atoms with E-state index in [1.54, 1.807) is 0 Å². The van der Waals surface area contributed by atoms with Crippen LogP contribution in [0, 0.1) is 13.8 Å². The van der Waals surface area contributed by atoms with Crippen molar-refractivity contribution in [2.45, 2.75) is 52.9 Å². The molecule has 122 valence electrons. The lowest BCUT2D eigenvalue weighted by atomic mass is 10.1. The smallest absolute Gasteiger partial charge is 0.241 e. The van der Waals surface area contributed by atoms with Crippen LogP contribution in [0.1, 0.15) is 31.9 Å². The summed E-state index contributed by atoms with van der Waals surface area (Å²) in [5.41, 5.74) is 2.78. The molecule has 0 unspecified atom stereocenters. The van der Waals surface area contributed by atoms with Crippen LogP contribution in [-0.4, -0.2) is 42.1 Å². The predicted octanol–water partition coefficient (Wildman–Crippen LogP) is 3.39. The van der Waals surface area contributed by atoms with Gasteiger partial charge in [0.05, 0.1) is 29.0 Å². The van der Waals surface area contributed by atoms with E-state index in [1.807, 2.05) is 46.8 Å². The second-order valence-corrected chi connectivity index (χ2v) is 6.72. The zero-order chi connectivity index (χ0) is 16.4. The van der Waals surface area contributed by atoms with Gasteiger partial charge in [-0.3, -0.25) is 9.69 Å². The van der Waals surface area contributed by atoms with Gasteiger partial charge in [0.25, 0.3) is 0 Å². The summed E-state index contributed by atoms with van der Waals surface area (Å²) in [5, 5.41) is 3.56. The Labute approximate surface area is 137 Å². The van der Waals surface area contributed by atoms with Crippen molar-refractivity contribution in [3.8, 4) is 0 Å². The molecular weight excluding hydrogens is 300 g/mol. The van der Waals surface area contributed by atoms with Gasteiger partial charge < -0.3 is 10.1 Å². The zero-order valence-electron chi connectivity index (χ0n) is 13.9. The topological polar surface area (TPSA) is 41.6 Å². The molecule has 1 N–H and O–H groups in total. The van der Waals surface area contributed by atoms with Crippen LogP contribution in [0.5, 0.6) is 0 Å². The molecule has 0 spiro atoms. The van der Waals surface area contributed by atoms with E-state index in [1.165, 1.54) is 0 Å². The maximum Gasteiger partial charge on any atom is 0.241 e. The maximum absolute atomic E-state index is 12.6. The monoisotopic (exact) mass is 324 g/mol. The molecule has 0 saturated carbocycles. The molecule has 3 atom stereocenters. The summed E-state index contributed by atoms with van der Waals surface area (Å²) < 4.78 is 5.72. The molecule has 1 amide bonds. The number of hydrogen-bond acceptors (Lipinski definition) is 3. The average Bonchev–Trinajstić information content (AvgIpc) is 2.40. The van der Waals surface area contributed by atoms with Crippen LogP contribution in [0.4, 0.5) is 5.69 Å². The highest BCUT2D eigenvalue weighted by atomic mass is 35.5. The van der Waals surface area contributed by atoms with E-state index >= 15 is 0 Å². The van der Waals surface area contributed by atoms with Crippen molar-refractivity contribution in [3.05, 3.63) is 28.3 Å². The minimum absolute atomic E-state index is 0.0323. The molecule has 0 aliphatic carbocycles. The summed E-state index contributed by atoms with van der Waals surface area (Å²) in [5.74, 6) is -0.0323. The third-order valence-electron chi connectivity index (χ3n) is 4.05. The quantitative estimate of drug-likeness (QED) is 0.926. The summed E-state index contributed by atoms with van der Waals surface area (Å²) in [6.45, 7) is 11.5. The number of nitrogens with zero attached hydrogens (tertiary/aromatic N) is 1. The Morgan fingerprint density at radius 1 is 1.32 bits per heavy atom. The van der Waals surface area contributed by atoms with E-state index in [9.17, 15) is 4.79 Å². The van der Waals surface area contributed by atoms with Gasteiger partial charge in [0.1, 0.15) is 0 Å². The fraction of sp³-hybridized carbons (Fsp3) is 0.588. The van der Waals surface area contributed by atoms with Gasteiger partial charge in [-0.2, -0.15) is 0 Å². The van der Waals surface area contributed by atoms with Gasteiger partial charge in [0.15, 0.2) is 0 Å². The Kier molecular flexibility index (Phi) is 5.48. The molecular formula is C17H25ClN2O2. The molecule has 1 heterocycles. The van der Waals surface area contributed by atoms with Gasteiger partial charge in [0, 0.05) is 13.1 Å². The Morgan fingerprint density at radius 2 is 1.91 bits per heavy atom. The number of anilines is 1. The van der Waals surface area contributed by atoms with Crippen molar-refractivity contribution in [2.75, 3.05) is 18.4 Å². The maximum atomic E-state index is 12.6. The number of halogens is 1. The molecule has 5 heteroatoms. The SMILES string of the molecule is Cc1cc(C)c(NC(=O)[C@@H](C)N2C[C@@H](C)O[C@@H](C)C2)c(Cl)c1. The minimum atomic E-state index is -0.217. The van der Waals surface area contributed by atoms with Crippen molar-refractivity contribution in [1.82, 2.24) is 4.90 Å². The third kappa shape index (κ3) is 4.00. The lowest BCUT2D eigenvalue weighted by molar-refractivity contribution is -0.126. The van der Waals surface area contributed by atoms with Crippen molar-refractivity contribution in [3.63, 3.8) is 0 Å². The van der Waals surface area contributed by atoms with Crippen molar-refractivity contribution in [1.29, 1.82) is 0 Å². The fourth-order valence-electron chi connectivity index (χ4n) is 3.00. The molecule has 1 aliphatic rings. The first-order valence-corrected chi connectivity index (χ1v) is 8.13. The molecule has 2 rings (SSSR count). The second kappa shape index (κ2) is 6.99. The molecule has 1 aliphatic heterocycles. The highest BCUT2D eigenvalue weighted by Gasteiger charge is 2.29. The van der Waals surface area contributed by atoms with Gasteiger partial charge in [-0.25, -0.2) is 0 Å². The number of carbonyl (C=O) groups is 1. The molecule has 1 saturated heterocycles. The Bertz CT molecular complexity index is 529. The Balaban J connectivity index is 2.09. The van der Waals surface area contributed by atoms with Crippen LogP contribution >= 0.6 is 11.6 Å². The molecule has 1 aromatic carbocycles. The first-order chi connectivity index (χ1) is 10.3. The molecule has 1 fully saturated rings. The van der Waals surface area contributed by atoms with Crippen molar-refractivity contribution < 1.29 is 9.53 Å². The highest BCUT2D eigenvalue weighted by Crippen LogP contribution is 2.27. The summed E-state index contributed by atoms with van der Waals surface area (Å²) >= 11 is 6.27. The Morgan fingerprint density at radius 3 is 2.45 bits per heavy atom. The standard InChI is InChI=1S/C17H25ClN2O2/c1-10-6-11(2)16(15(18)7-10)19-17(21)14(5)20-8-12(3)22-13(4)9-20/h6-7,12-14H,8-9H2,1-5H3,(H,19,21)/t12-,13+,14-/m1/s1. The molecule has 4 nitrogen and oxygen atoms in total. The van der Waals surface area contributed by atoms with Gasteiger partial charge in [-0.1, -0.05) is 17.7 Å². The van der Waals surface area contributed by atoms with E-state index < -0.39 is 0 Å². The van der Waals surface area contributed by atoms with Gasteiger partial charge in [-0.15, -0.1) is 0 Å². The summed E-state index contributed by atoms with van der Waals surface area (Å²) in [6, 6.07) is 3.67. The number of aryl methyl sites for hydroxylation is 2. The number of benzene rings is 1. The normalized spacial score (nSPS) is 24.1. The summed E-state index contributed by atoms with van der Waals surface area (Å²) in [4.78, 5) is 14.7. The van der Waals surface area contributed by atoms with E-state index in [-0.39, 0.29) is 24.2 Å². The lowest BCUT2D eigenvalue weighted by Crippen LogP contribution is -2.52. The third-order valence-corrected chi connectivity index (χ3v) is 4.35. The van der Waals surface area contributed by atoms with Crippen LogP contribution in [-0.2, 0) is 9.53 Å². The first kappa shape index (κ1) is 17.3. The summed E-state index contributed by atoms with van der Waals surface area (Å²) in [6.07, 6.45) is 0.285. The predicted molar refractivity (Wildman–Crippen MR) is 90.6 cm³/mol. The molecule has 0 radical (unpaired) electrons. The van der Waals surface area contributed by atoms with E-state index in [0.29, 0.717) is 10.7 Å². The van der Waals surface area contributed by atoms with Crippen LogP contribution < -0.4 is 5.32 Å². The van der Waals surface area contributed by atoms with Gasteiger partial charge >= 0.3 is 0 Å². The van der Waals surface area contributed by atoms with Crippen LogP contribution in [0.15, 0.2) is 12.1 Å². The summed E-state index contributed by atoms with van der Waals surface area (Å²) in [7, 11) is 0. The number of carbonyl (C=O) groups excluding carboxylic acids is 1. The van der Waals surface area contributed by atoms with E-state index in [0.717, 1.165) is 24.2 Å². The van der Waals surface area contributed by atoms with Crippen LogP contribution in [0.2, 0.25) is 5.02 Å². The molecule has 0 aromatic heterocycles. The number of rotatable bonds is 3. The van der Waals surface area contributed by atoms with Crippen LogP contribution in [0.3, 0.4) is 0 Å². The zero-order valence-corrected chi connectivity index (χ0v) is 14.7. The van der Waals surface area contributed by atoms with E-state index in [2.05, 4.69) is 10.2 Å². The fourth-order valence-corrected chi connectivity index (χ4v) is 3.37. The number of morpholine rings is 1. The average molecular weight is 325 g/mol. The molecule has 22 heavy (non-hydrogen) atoms. The largest absolute Gasteiger partial charge is 0.373 e. The van der Waals surface area contributed by atoms with Crippen molar-refractivity contribution >= 4 is 23.2 Å². The van der Waals surface area contributed by atoms with Gasteiger partial charge in [-0.05, 0) is 51.8 Å².